The van der Waals surface area contributed by atoms with E-state index in [4.69, 9.17) is 14.2 Å². The van der Waals surface area contributed by atoms with Crippen LogP contribution in [-0.2, 0) is 16.1 Å². The summed E-state index contributed by atoms with van der Waals surface area (Å²) in [5.74, 6) is 0.194. The molecule has 0 saturated heterocycles. The van der Waals surface area contributed by atoms with E-state index in [1.807, 2.05) is 36.4 Å². The molecule has 5 nitrogen and oxygen atoms in total. The lowest BCUT2D eigenvalue weighted by molar-refractivity contribution is -0.129. The van der Waals surface area contributed by atoms with Gasteiger partial charge in [-0.05, 0) is 70.1 Å². The van der Waals surface area contributed by atoms with Crippen LogP contribution in [0, 0.1) is 9.39 Å². The lowest BCUT2D eigenvalue weighted by Gasteiger charge is -2.13. The van der Waals surface area contributed by atoms with Crippen LogP contribution in [0.25, 0.3) is 6.08 Å². The van der Waals surface area contributed by atoms with Gasteiger partial charge in [-0.1, -0.05) is 36.4 Å². The first-order valence-corrected chi connectivity index (χ1v) is 10.4. The highest BCUT2D eigenvalue weighted by atomic mass is 127. The van der Waals surface area contributed by atoms with Crippen molar-refractivity contribution in [2.75, 3.05) is 7.11 Å². The second kappa shape index (κ2) is 9.30. The fraction of sp³-hybridized carbons (Fsp3) is 0.0833. The van der Waals surface area contributed by atoms with Gasteiger partial charge in [-0.25, -0.2) is 14.2 Å². The van der Waals surface area contributed by atoms with Crippen molar-refractivity contribution < 1.29 is 23.4 Å². The number of esters is 1. The summed E-state index contributed by atoms with van der Waals surface area (Å²) in [6.45, 7) is 0.404. The number of hydrogen-bond acceptors (Lipinski definition) is 5. The Kier molecular flexibility index (Phi) is 6.31. The minimum absolute atomic E-state index is 0.0697. The molecule has 1 heterocycles. The maximum absolute atomic E-state index is 13.5. The molecule has 0 spiro atoms. The van der Waals surface area contributed by atoms with Gasteiger partial charge in [0, 0.05) is 5.56 Å². The van der Waals surface area contributed by atoms with Gasteiger partial charge in [0.05, 0.1) is 10.7 Å². The number of ether oxygens (including phenoxy) is 3. The number of rotatable bonds is 6. The van der Waals surface area contributed by atoms with Gasteiger partial charge >= 0.3 is 5.97 Å². The average molecular weight is 529 g/mol. The van der Waals surface area contributed by atoms with Crippen LogP contribution in [0.5, 0.6) is 11.5 Å². The predicted octanol–water partition coefficient (Wildman–Crippen LogP) is 5.36. The molecule has 0 atom stereocenters. The molecule has 0 unspecified atom stereocenters. The van der Waals surface area contributed by atoms with Crippen LogP contribution in [0.1, 0.15) is 16.7 Å². The van der Waals surface area contributed by atoms with Crippen LogP contribution in [0.2, 0.25) is 0 Å². The van der Waals surface area contributed by atoms with E-state index >= 15 is 0 Å². The van der Waals surface area contributed by atoms with Crippen LogP contribution in [0.3, 0.4) is 0 Å². The molecule has 7 heteroatoms. The van der Waals surface area contributed by atoms with Gasteiger partial charge in [-0.2, -0.15) is 0 Å². The lowest BCUT2D eigenvalue weighted by Crippen LogP contribution is -2.05. The zero-order valence-corrected chi connectivity index (χ0v) is 18.6. The number of methoxy groups -OCH3 is 1. The zero-order valence-electron chi connectivity index (χ0n) is 16.5. The van der Waals surface area contributed by atoms with Crippen LogP contribution < -0.4 is 9.47 Å². The second-order valence-electron chi connectivity index (χ2n) is 6.65. The van der Waals surface area contributed by atoms with Crippen molar-refractivity contribution in [2.24, 2.45) is 4.99 Å². The summed E-state index contributed by atoms with van der Waals surface area (Å²) in [6.07, 6.45) is 1.60. The van der Waals surface area contributed by atoms with Gasteiger partial charge in [0.1, 0.15) is 12.4 Å². The van der Waals surface area contributed by atoms with E-state index in [-0.39, 0.29) is 11.6 Å². The lowest BCUT2D eigenvalue weighted by atomic mass is 10.1. The Morgan fingerprint density at radius 1 is 1.10 bits per heavy atom. The van der Waals surface area contributed by atoms with Crippen molar-refractivity contribution in [3.05, 3.63) is 98.5 Å². The first-order valence-electron chi connectivity index (χ1n) is 9.36. The van der Waals surface area contributed by atoms with Crippen molar-refractivity contribution in [3.63, 3.8) is 0 Å². The van der Waals surface area contributed by atoms with Crippen molar-refractivity contribution >= 4 is 40.5 Å². The number of benzene rings is 3. The monoisotopic (exact) mass is 529 g/mol. The van der Waals surface area contributed by atoms with Crippen molar-refractivity contribution in [1.82, 2.24) is 0 Å². The maximum atomic E-state index is 13.5. The van der Waals surface area contributed by atoms with E-state index in [0.29, 0.717) is 29.2 Å². The third-order valence-electron chi connectivity index (χ3n) is 4.47. The normalized spacial score (nSPS) is 14.4. The molecule has 0 aromatic heterocycles. The molecule has 3 aromatic rings. The molecule has 1 aliphatic heterocycles. The SMILES string of the molecule is COc1cc(/C=C2\N=C(c3cccc(F)c3)OC2=O)cc(I)c1OCc1ccccc1. The number of halogens is 2. The third-order valence-corrected chi connectivity index (χ3v) is 5.27. The van der Waals surface area contributed by atoms with E-state index in [0.717, 1.165) is 9.13 Å². The minimum atomic E-state index is -0.599. The van der Waals surface area contributed by atoms with Gasteiger partial charge in [-0.3, -0.25) is 0 Å². The molecule has 0 radical (unpaired) electrons. The second-order valence-corrected chi connectivity index (χ2v) is 7.82. The van der Waals surface area contributed by atoms with Crippen molar-refractivity contribution in [3.8, 4) is 11.5 Å². The molecule has 0 bridgehead atoms. The largest absolute Gasteiger partial charge is 0.493 e. The highest BCUT2D eigenvalue weighted by Gasteiger charge is 2.24. The third kappa shape index (κ3) is 4.93. The Morgan fingerprint density at radius 3 is 2.65 bits per heavy atom. The Morgan fingerprint density at radius 2 is 1.90 bits per heavy atom. The van der Waals surface area contributed by atoms with Crippen molar-refractivity contribution in [2.45, 2.75) is 6.61 Å². The topological polar surface area (TPSA) is 57.1 Å². The number of carbonyl (C=O) groups is 1. The average Bonchev–Trinajstić information content (AvgIpc) is 3.13. The first-order chi connectivity index (χ1) is 15.0. The molecule has 0 N–H and O–H groups in total. The van der Waals surface area contributed by atoms with Gasteiger partial charge < -0.3 is 14.2 Å². The van der Waals surface area contributed by atoms with Gasteiger partial charge in [0.2, 0.25) is 5.90 Å². The molecule has 3 aromatic carbocycles. The van der Waals surface area contributed by atoms with Gasteiger partial charge in [0.25, 0.3) is 0 Å². The number of cyclic esters (lactones) is 1. The Bertz CT molecular complexity index is 1190. The van der Waals surface area contributed by atoms with E-state index in [1.54, 1.807) is 25.3 Å². The minimum Gasteiger partial charge on any atom is -0.493 e. The van der Waals surface area contributed by atoms with Gasteiger partial charge in [-0.15, -0.1) is 0 Å². The summed E-state index contributed by atoms with van der Waals surface area (Å²) in [7, 11) is 1.56. The summed E-state index contributed by atoms with van der Waals surface area (Å²) in [4.78, 5) is 16.5. The zero-order chi connectivity index (χ0) is 21.8. The van der Waals surface area contributed by atoms with E-state index in [1.165, 1.54) is 18.2 Å². The molecule has 0 amide bonds. The number of carbonyl (C=O) groups excluding carboxylic acids is 1. The molecule has 0 fully saturated rings. The van der Waals surface area contributed by atoms with Crippen LogP contribution in [0.4, 0.5) is 4.39 Å². The highest BCUT2D eigenvalue weighted by Crippen LogP contribution is 2.35. The molecule has 1 aliphatic rings. The maximum Gasteiger partial charge on any atom is 0.363 e. The first kappa shape index (κ1) is 21.0. The van der Waals surface area contributed by atoms with E-state index in [2.05, 4.69) is 27.6 Å². The highest BCUT2D eigenvalue weighted by molar-refractivity contribution is 14.1. The molecule has 4 rings (SSSR count). The van der Waals surface area contributed by atoms with Crippen molar-refractivity contribution in [1.29, 1.82) is 0 Å². The Hall–Kier alpha value is -3.20. The summed E-state index contributed by atoms with van der Waals surface area (Å²) in [6, 6.07) is 19.2. The van der Waals surface area contributed by atoms with Crippen LogP contribution in [0.15, 0.2) is 77.4 Å². The van der Waals surface area contributed by atoms with Crippen LogP contribution in [-0.4, -0.2) is 19.0 Å². The molecule has 0 aliphatic carbocycles. The Labute approximate surface area is 192 Å². The summed E-state index contributed by atoms with van der Waals surface area (Å²) in [5, 5.41) is 0. The van der Waals surface area contributed by atoms with E-state index < -0.39 is 11.8 Å². The number of aliphatic imine (C=N–C) groups is 1. The smallest absolute Gasteiger partial charge is 0.363 e. The fourth-order valence-electron chi connectivity index (χ4n) is 3.00. The number of nitrogens with zero attached hydrogens (tertiary/aromatic N) is 1. The predicted molar refractivity (Wildman–Crippen MR) is 123 cm³/mol. The Balaban J connectivity index is 1.60. The van der Waals surface area contributed by atoms with Crippen LogP contribution >= 0.6 is 22.6 Å². The molecule has 156 valence electrons. The number of hydrogen-bond donors (Lipinski definition) is 0. The molecule has 0 saturated carbocycles. The standard InChI is InChI=1S/C24H17FINO4/c1-29-21-12-16(10-19(26)22(21)30-14-15-6-3-2-4-7-15)11-20-24(28)31-23(27-20)17-8-5-9-18(25)13-17/h2-13H,14H2,1H3/b20-11-. The van der Waals surface area contributed by atoms with E-state index in [9.17, 15) is 9.18 Å². The fourth-order valence-corrected chi connectivity index (χ4v) is 3.79. The molecular weight excluding hydrogens is 512 g/mol. The van der Waals surface area contributed by atoms with Gasteiger partial charge in [0.15, 0.2) is 17.2 Å². The summed E-state index contributed by atoms with van der Waals surface area (Å²) in [5.41, 5.74) is 2.26. The molecular formula is C24H17FINO4. The molecule has 31 heavy (non-hydrogen) atoms. The summed E-state index contributed by atoms with van der Waals surface area (Å²) < 4.78 is 31.0. The quantitative estimate of drug-likeness (QED) is 0.245. The summed E-state index contributed by atoms with van der Waals surface area (Å²) >= 11 is 2.16.